The van der Waals surface area contributed by atoms with E-state index in [1.165, 1.54) is 0 Å². The minimum absolute atomic E-state index is 0.162. The first-order chi connectivity index (χ1) is 12.0. The molecule has 0 saturated carbocycles. The Morgan fingerprint density at radius 1 is 1.36 bits per heavy atom. The van der Waals surface area contributed by atoms with E-state index < -0.39 is 0 Å². The van der Waals surface area contributed by atoms with E-state index in [0.29, 0.717) is 53.8 Å². The second kappa shape index (κ2) is 10.2. The highest BCUT2D eigenvalue weighted by atomic mass is 79.9. The fourth-order valence-electron chi connectivity index (χ4n) is 2.66. The SMILES string of the molecule is CCOc1c(Br)cc(Cl)cc1NC(=O)N1CCC(OCCOC)CC1. The second-order valence-electron chi connectivity index (χ2n) is 5.68. The summed E-state index contributed by atoms with van der Waals surface area (Å²) in [6, 6.07) is 3.27. The molecule has 1 aromatic carbocycles. The first kappa shape index (κ1) is 20.3. The van der Waals surface area contributed by atoms with Gasteiger partial charge in [-0.3, -0.25) is 0 Å². The monoisotopic (exact) mass is 434 g/mol. The van der Waals surface area contributed by atoms with Crippen LogP contribution in [-0.2, 0) is 9.47 Å². The van der Waals surface area contributed by atoms with Gasteiger partial charge in [0.05, 0.1) is 36.1 Å². The molecule has 0 bridgehead atoms. The number of anilines is 1. The van der Waals surface area contributed by atoms with Crippen molar-refractivity contribution in [2.75, 3.05) is 45.3 Å². The van der Waals surface area contributed by atoms with E-state index in [4.69, 9.17) is 25.8 Å². The van der Waals surface area contributed by atoms with Crippen molar-refractivity contribution in [3.8, 4) is 5.75 Å². The van der Waals surface area contributed by atoms with Gasteiger partial charge >= 0.3 is 6.03 Å². The summed E-state index contributed by atoms with van der Waals surface area (Å²) in [6.45, 7) is 4.85. The number of urea groups is 1. The van der Waals surface area contributed by atoms with Gasteiger partial charge in [0.2, 0.25) is 0 Å². The molecule has 1 aliphatic rings. The number of nitrogens with one attached hydrogen (secondary N) is 1. The van der Waals surface area contributed by atoms with Crippen LogP contribution < -0.4 is 10.1 Å². The Morgan fingerprint density at radius 2 is 2.08 bits per heavy atom. The van der Waals surface area contributed by atoms with Crippen LogP contribution in [0.25, 0.3) is 0 Å². The molecule has 1 N–H and O–H groups in total. The molecule has 1 aliphatic heterocycles. The van der Waals surface area contributed by atoms with Crippen molar-refractivity contribution >= 4 is 39.2 Å². The van der Waals surface area contributed by atoms with Gasteiger partial charge in [0.25, 0.3) is 0 Å². The van der Waals surface area contributed by atoms with Crippen molar-refractivity contribution in [3.63, 3.8) is 0 Å². The van der Waals surface area contributed by atoms with Crippen molar-refractivity contribution < 1.29 is 19.0 Å². The molecular weight excluding hydrogens is 412 g/mol. The smallest absolute Gasteiger partial charge is 0.321 e. The number of methoxy groups -OCH3 is 1. The molecule has 0 spiro atoms. The van der Waals surface area contributed by atoms with Gasteiger partial charge in [-0.1, -0.05) is 11.6 Å². The van der Waals surface area contributed by atoms with Crippen molar-refractivity contribution in [2.24, 2.45) is 0 Å². The fourth-order valence-corrected chi connectivity index (χ4v) is 3.59. The van der Waals surface area contributed by atoms with Crippen LogP contribution >= 0.6 is 27.5 Å². The van der Waals surface area contributed by atoms with Crippen LogP contribution in [0.15, 0.2) is 16.6 Å². The number of hydrogen-bond acceptors (Lipinski definition) is 4. The lowest BCUT2D eigenvalue weighted by Crippen LogP contribution is -2.43. The highest BCUT2D eigenvalue weighted by Crippen LogP contribution is 2.36. The van der Waals surface area contributed by atoms with Gasteiger partial charge in [-0.25, -0.2) is 4.79 Å². The number of carbonyl (C=O) groups excluding carboxylic acids is 1. The minimum atomic E-state index is -0.162. The second-order valence-corrected chi connectivity index (χ2v) is 6.97. The van der Waals surface area contributed by atoms with E-state index >= 15 is 0 Å². The Bertz CT molecular complexity index is 580. The Kier molecular flexibility index (Phi) is 8.29. The zero-order valence-electron chi connectivity index (χ0n) is 14.5. The molecule has 1 heterocycles. The quantitative estimate of drug-likeness (QED) is 0.653. The molecule has 8 heteroatoms. The average Bonchev–Trinajstić information content (AvgIpc) is 2.58. The van der Waals surface area contributed by atoms with Crippen LogP contribution in [0.3, 0.4) is 0 Å². The van der Waals surface area contributed by atoms with Gasteiger partial charge in [0.15, 0.2) is 5.75 Å². The molecule has 0 unspecified atom stereocenters. The van der Waals surface area contributed by atoms with Crippen LogP contribution in [0.2, 0.25) is 5.02 Å². The van der Waals surface area contributed by atoms with Crippen LogP contribution in [0, 0.1) is 0 Å². The van der Waals surface area contributed by atoms with Crippen molar-refractivity contribution in [2.45, 2.75) is 25.9 Å². The molecule has 140 valence electrons. The molecule has 1 aromatic rings. The summed E-state index contributed by atoms with van der Waals surface area (Å²) < 4.78 is 17.0. The van der Waals surface area contributed by atoms with E-state index in [0.717, 1.165) is 12.8 Å². The maximum absolute atomic E-state index is 12.6. The molecule has 0 radical (unpaired) electrons. The van der Waals surface area contributed by atoms with Gasteiger partial charge in [-0.05, 0) is 47.8 Å². The number of amides is 2. The topological polar surface area (TPSA) is 60.0 Å². The maximum atomic E-state index is 12.6. The number of benzene rings is 1. The molecule has 1 fully saturated rings. The lowest BCUT2D eigenvalue weighted by Gasteiger charge is -2.32. The van der Waals surface area contributed by atoms with E-state index in [1.807, 2.05) is 6.92 Å². The third-order valence-corrected chi connectivity index (χ3v) is 4.72. The summed E-state index contributed by atoms with van der Waals surface area (Å²) in [4.78, 5) is 14.3. The highest BCUT2D eigenvalue weighted by molar-refractivity contribution is 9.10. The van der Waals surface area contributed by atoms with Gasteiger partial charge < -0.3 is 24.4 Å². The number of hydrogen-bond donors (Lipinski definition) is 1. The number of carbonyl (C=O) groups is 1. The summed E-state index contributed by atoms with van der Waals surface area (Å²) in [5.41, 5.74) is 0.560. The number of halogens is 2. The maximum Gasteiger partial charge on any atom is 0.321 e. The summed E-state index contributed by atoms with van der Waals surface area (Å²) in [5.74, 6) is 0.582. The fraction of sp³-hybridized carbons (Fsp3) is 0.588. The Labute approximate surface area is 161 Å². The molecule has 2 rings (SSSR count). The van der Waals surface area contributed by atoms with E-state index in [1.54, 1.807) is 24.1 Å². The summed E-state index contributed by atoms with van der Waals surface area (Å²) in [6.07, 6.45) is 1.81. The van der Waals surface area contributed by atoms with E-state index in [2.05, 4.69) is 21.2 Å². The number of piperidine rings is 1. The minimum Gasteiger partial charge on any atom is -0.491 e. The molecule has 0 aromatic heterocycles. The van der Waals surface area contributed by atoms with Crippen LogP contribution in [0.1, 0.15) is 19.8 Å². The first-order valence-electron chi connectivity index (χ1n) is 8.33. The lowest BCUT2D eigenvalue weighted by molar-refractivity contribution is -0.00852. The van der Waals surface area contributed by atoms with Crippen molar-refractivity contribution in [3.05, 3.63) is 21.6 Å². The summed E-state index contributed by atoms with van der Waals surface area (Å²) in [5, 5.41) is 3.42. The number of rotatable bonds is 7. The third kappa shape index (κ3) is 6.02. The predicted octanol–water partition coefficient (Wildman–Crippen LogP) is 4.16. The van der Waals surface area contributed by atoms with Crippen molar-refractivity contribution in [1.29, 1.82) is 0 Å². The Morgan fingerprint density at radius 3 is 2.72 bits per heavy atom. The largest absolute Gasteiger partial charge is 0.491 e. The molecule has 2 amide bonds. The molecular formula is C17H24BrClN2O4. The van der Waals surface area contributed by atoms with E-state index in [-0.39, 0.29) is 12.1 Å². The molecule has 6 nitrogen and oxygen atoms in total. The zero-order chi connectivity index (χ0) is 18.2. The van der Waals surface area contributed by atoms with Crippen LogP contribution in [0.5, 0.6) is 5.75 Å². The summed E-state index contributed by atoms with van der Waals surface area (Å²) >= 11 is 9.52. The van der Waals surface area contributed by atoms with Gasteiger partial charge in [-0.15, -0.1) is 0 Å². The molecule has 0 aliphatic carbocycles. The predicted molar refractivity (Wildman–Crippen MR) is 102 cm³/mol. The van der Waals surface area contributed by atoms with Crippen LogP contribution in [0.4, 0.5) is 10.5 Å². The zero-order valence-corrected chi connectivity index (χ0v) is 16.9. The average molecular weight is 436 g/mol. The number of nitrogens with zero attached hydrogens (tertiary/aromatic N) is 1. The Balaban J connectivity index is 1.93. The third-order valence-electron chi connectivity index (χ3n) is 3.91. The first-order valence-corrected chi connectivity index (χ1v) is 9.50. The highest BCUT2D eigenvalue weighted by Gasteiger charge is 2.24. The Hall–Kier alpha value is -1.02. The standard InChI is InChI=1S/C17H24BrClN2O4/c1-3-24-16-14(18)10-12(19)11-15(16)20-17(22)21-6-4-13(5-7-21)25-9-8-23-2/h10-11,13H,3-9H2,1-2H3,(H,20,22). The van der Waals surface area contributed by atoms with Gasteiger partial charge in [0, 0.05) is 25.2 Å². The molecule has 0 atom stereocenters. The summed E-state index contributed by atoms with van der Waals surface area (Å²) in [7, 11) is 1.65. The number of ether oxygens (including phenoxy) is 3. The van der Waals surface area contributed by atoms with Gasteiger partial charge in [0.1, 0.15) is 0 Å². The van der Waals surface area contributed by atoms with Crippen LogP contribution in [-0.4, -0.2) is 57.1 Å². The lowest BCUT2D eigenvalue weighted by atomic mass is 10.1. The molecule has 1 saturated heterocycles. The van der Waals surface area contributed by atoms with Gasteiger partial charge in [-0.2, -0.15) is 0 Å². The normalized spacial score (nSPS) is 15.3. The molecule has 25 heavy (non-hydrogen) atoms. The van der Waals surface area contributed by atoms with Crippen molar-refractivity contribution in [1.82, 2.24) is 4.90 Å². The number of likely N-dealkylation sites (tertiary alicyclic amines) is 1. The van der Waals surface area contributed by atoms with E-state index in [9.17, 15) is 4.79 Å².